The SMILES string of the molecule is COCC[C@H]1CO[C@@]2(CCN(C(=O)c3cccnc3)C2)C1. The third kappa shape index (κ3) is 3.09. The number of ether oxygens (including phenoxy) is 2. The number of nitrogens with zero attached hydrogens (tertiary/aromatic N) is 2. The average molecular weight is 290 g/mol. The van der Waals surface area contributed by atoms with Gasteiger partial charge in [-0.25, -0.2) is 0 Å². The van der Waals surface area contributed by atoms with Crippen molar-refractivity contribution in [3.63, 3.8) is 0 Å². The maximum absolute atomic E-state index is 12.5. The predicted molar refractivity (Wildman–Crippen MR) is 78.0 cm³/mol. The largest absolute Gasteiger partial charge is 0.385 e. The van der Waals surface area contributed by atoms with E-state index in [0.717, 1.165) is 39.0 Å². The van der Waals surface area contributed by atoms with E-state index in [-0.39, 0.29) is 11.5 Å². The minimum Gasteiger partial charge on any atom is -0.385 e. The van der Waals surface area contributed by atoms with Gasteiger partial charge in [0.25, 0.3) is 5.91 Å². The summed E-state index contributed by atoms with van der Waals surface area (Å²) < 4.78 is 11.2. The molecule has 2 aliphatic heterocycles. The highest BCUT2D eigenvalue weighted by Crippen LogP contribution is 2.39. The molecule has 3 rings (SSSR count). The van der Waals surface area contributed by atoms with Gasteiger partial charge in [0.2, 0.25) is 0 Å². The van der Waals surface area contributed by atoms with Crippen LogP contribution in [0.2, 0.25) is 0 Å². The van der Waals surface area contributed by atoms with E-state index in [2.05, 4.69) is 4.98 Å². The molecule has 0 aromatic carbocycles. The van der Waals surface area contributed by atoms with E-state index >= 15 is 0 Å². The van der Waals surface area contributed by atoms with Gasteiger partial charge in [-0.3, -0.25) is 9.78 Å². The normalized spacial score (nSPS) is 28.4. The summed E-state index contributed by atoms with van der Waals surface area (Å²) in [6.07, 6.45) is 6.32. The van der Waals surface area contributed by atoms with Gasteiger partial charge in [-0.15, -0.1) is 0 Å². The third-order valence-electron chi connectivity index (χ3n) is 4.53. The summed E-state index contributed by atoms with van der Waals surface area (Å²) in [5.41, 5.74) is 0.527. The fourth-order valence-corrected chi connectivity index (χ4v) is 3.38. The Hall–Kier alpha value is -1.46. The Labute approximate surface area is 125 Å². The lowest BCUT2D eigenvalue weighted by molar-refractivity contribution is 0.0113. The zero-order valence-electron chi connectivity index (χ0n) is 12.5. The standard InChI is InChI=1S/C16H22N2O3/c1-20-8-4-13-9-16(21-11-13)5-7-18(12-16)15(19)14-3-2-6-17-10-14/h2-3,6,10,13H,4-5,7-9,11-12H2,1H3/t13-,16+/m1/s1. The molecule has 2 aliphatic rings. The van der Waals surface area contributed by atoms with Crippen LogP contribution in [0.3, 0.4) is 0 Å². The molecular formula is C16H22N2O3. The first-order valence-electron chi connectivity index (χ1n) is 7.55. The summed E-state index contributed by atoms with van der Waals surface area (Å²) in [4.78, 5) is 18.4. The number of likely N-dealkylation sites (tertiary alicyclic amines) is 1. The quantitative estimate of drug-likeness (QED) is 0.847. The van der Waals surface area contributed by atoms with Gasteiger partial charge in [0.05, 0.1) is 24.3 Å². The summed E-state index contributed by atoms with van der Waals surface area (Å²) in [6, 6.07) is 3.61. The lowest BCUT2D eigenvalue weighted by Crippen LogP contribution is -2.35. The fraction of sp³-hybridized carbons (Fsp3) is 0.625. The van der Waals surface area contributed by atoms with E-state index in [9.17, 15) is 4.79 Å². The predicted octanol–water partition coefficient (Wildman–Crippen LogP) is 1.74. The average Bonchev–Trinajstić information content (AvgIpc) is 3.13. The molecule has 0 unspecified atom stereocenters. The molecule has 5 heteroatoms. The van der Waals surface area contributed by atoms with Crippen LogP contribution in [0, 0.1) is 5.92 Å². The zero-order valence-corrected chi connectivity index (χ0v) is 12.5. The van der Waals surface area contributed by atoms with Crippen LogP contribution in [-0.4, -0.2) is 54.8 Å². The molecule has 0 bridgehead atoms. The maximum Gasteiger partial charge on any atom is 0.255 e. The highest BCUT2D eigenvalue weighted by molar-refractivity contribution is 5.94. The van der Waals surface area contributed by atoms with Gasteiger partial charge < -0.3 is 14.4 Å². The van der Waals surface area contributed by atoms with Crippen LogP contribution in [0.1, 0.15) is 29.6 Å². The molecular weight excluding hydrogens is 268 g/mol. The Balaban J connectivity index is 1.60. The number of methoxy groups -OCH3 is 1. The van der Waals surface area contributed by atoms with Gasteiger partial charge >= 0.3 is 0 Å². The van der Waals surface area contributed by atoms with Gasteiger partial charge in [0.15, 0.2) is 0 Å². The van der Waals surface area contributed by atoms with E-state index < -0.39 is 0 Å². The second-order valence-corrected chi connectivity index (χ2v) is 6.06. The summed E-state index contributed by atoms with van der Waals surface area (Å²) in [5.74, 6) is 0.613. The van der Waals surface area contributed by atoms with Gasteiger partial charge in [0, 0.05) is 32.7 Å². The monoisotopic (exact) mass is 290 g/mol. The third-order valence-corrected chi connectivity index (χ3v) is 4.53. The number of carbonyl (C=O) groups excluding carboxylic acids is 1. The van der Waals surface area contributed by atoms with Crippen molar-refractivity contribution in [2.45, 2.75) is 24.9 Å². The number of pyridine rings is 1. The number of amides is 1. The van der Waals surface area contributed by atoms with Gasteiger partial charge in [-0.2, -0.15) is 0 Å². The molecule has 1 aromatic rings. The summed E-state index contributed by atoms with van der Waals surface area (Å²) in [5, 5.41) is 0. The van der Waals surface area contributed by atoms with E-state index in [4.69, 9.17) is 9.47 Å². The summed E-state index contributed by atoms with van der Waals surface area (Å²) in [6.45, 7) is 3.04. The minimum atomic E-state index is -0.129. The molecule has 5 nitrogen and oxygen atoms in total. The molecule has 0 radical (unpaired) electrons. The maximum atomic E-state index is 12.5. The van der Waals surface area contributed by atoms with Crippen LogP contribution >= 0.6 is 0 Å². The van der Waals surface area contributed by atoms with Crippen LogP contribution < -0.4 is 0 Å². The van der Waals surface area contributed by atoms with E-state index in [0.29, 0.717) is 18.0 Å². The van der Waals surface area contributed by atoms with Crippen LogP contribution in [0.15, 0.2) is 24.5 Å². The Bertz CT molecular complexity index is 494. The van der Waals surface area contributed by atoms with Crippen molar-refractivity contribution in [3.8, 4) is 0 Å². The molecule has 2 saturated heterocycles. The molecule has 0 saturated carbocycles. The van der Waals surface area contributed by atoms with Gasteiger partial charge in [-0.05, 0) is 37.3 Å². The Morgan fingerprint density at radius 3 is 3.29 bits per heavy atom. The molecule has 21 heavy (non-hydrogen) atoms. The van der Waals surface area contributed by atoms with Crippen molar-refractivity contribution < 1.29 is 14.3 Å². The smallest absolute Gasteiger partial charge is 0.255 e. The van der Waals surface area contributed by atoms with E-state index in [1.165, 1.54) is 0 Å². The number of carbonyl (C=O) groups is 1. The number of hydrogen-bond donors (Lipinski definition) is 0. The highest BCUT2D eigenvalue weighted by atomic mass is 16.5. The fourth-order valence-electron chi connectivity index (χ4n) is 3.38. The number of rotatable bonds is 4. The number of aromatic nitrogens is 1. The molecule has 2 fully saturated rings. The molecule has 1 amide bonds. The molecule has 0 N–H and O–H groups in total. The van der Waals surface area contributed by atoms with E-state index in [1.54, 1.807) is 25.6 Å². The van der Waals surface area contributed by atoms with Gasteiger partial charge in [-0.1, -0.05) is 0 Å². The molecule has 2 atom stereocenters. The first-order valence-corrected chi connectivity index (χ1v) is 7.55. The zero-order chi connectivity index (χ0) is 14.7. The highest BCUT2D eigenvalue weighted by Gasteiger charge is 2.46. The van der Waals surface area contributed by atoms with Crippen LogP contribution in [0.4, 0.5) is 0 Å². The van der Waals surface area contributed by atoms with Crippen LogP contribution in [0.5, 0.6) is 0 Å². The topological polar surface area (TPSA) is 51.7 Å². The Kier molecular flexibility index (Phi) is 4.22. The first kappa shape index (κ1) is 14.5. The van der Waals surface area contributed by atoms with Crippen LogP contribution in [0.25, 0.3) is 0 Å². The molecule has 1 spiro atoms. The summed E-state index contributed by atoms with van der Waals surface area (Å²) >= 11 is 0. The second kappa shape index (κ2) is 6.12. The molecule has 0 aliphatic carbocycles. The number of hydrogen-bond acceptors (Lipinski definition) is 4. The van der Waals surface area contributed by atoms with E-state index in [1.807, 2.05) is 11.0 Å². The van der Waals surface area contributed by atoms with Crippen molar-refractivity contribution in [1.29, 1.82) is 0 Å². The van der Waals surface area contributed by atoms with Crippen molar-refractivity contribution in [2.24, 2.45) is 5.92 Å². The lowest BCUT2D eigenvalue weighted by atomic mass is 9.92. The second-order valence-electron chi connectivity index (χ2n) is 6.06. The van der Waals surface area contributed by atoms with Crippen molar-refractivity contribution in [3.05, 3.63) is 30.1 Å². The first-order chi connectivity index (χ1) is 10.2. The van der Waals surface area contributed by atoms with Gasteiger partial charge in [0.1, 0.15) is 0 Å². The molecule has 3 heterocycles. The van der Waals surface area contributed by atoms with Crippen molar-refractivity contribution >= 4 is 5.91 Å². The lowest BCUT2D eigenvalue weighted by Gasteiger charge is -2.23. The Morgan fingerprint density at radius 1 is 1.62 bits per heavy atom. The minimum absolute atomic E-state index is 0.0592. The Morgan fingerprint density at radius 2 is 2.52 bits per heavy atom. The van der Waals surface area contributed by atoms with Crippen LogP contribution in [-0.2, 0) is 9.47 Å². The molecule has 1 aromatic heterocycles. The van der Waals surface area contributed by atoms with Crippen molar-refractivity contribution in [2.75, 3.05) is 33.4 Å². The summed E-state index contributed by atoms with van der Waals surface area (Å²) in [7, 11) is 1.73. The van der Waals surface area contributed by atoms with Crippen molar-refractivity contribution in [1.82, 2.24) is 9.88 Å². The molecule has 114 valence electrons.